The minimum atomic E-state index is 0.701. The number of pyridine rings is 1. The summed E-state index contributed by atoms with van der Waals surface area (Å²) < 4.78 is 1.87. The van der Waals surface area contributed by atoms with Crippen molar-refractivity contribution in [3.05, 3.63) is 90.4 Å². The maximum absolute atomic E-state index is 4.28. The maximum atomic E-state index is 4.28. The number of rotatable bonds is 4. The van der Waals surface area contributed by atoms with E-state index >= 15 is 0 Å². The predicted molar refractivity (Wildman–Crippen MR) is 99.0 cm³/mol. The number of hydrogen-bond acceptors (Lipinski definition) is 3. The van der Waals surface area contributed by atoms with Crippen molar-refractivity contribution in [2.75, 3.05) is 0 Å². The largest absolute Gasteiger partial charge is 0.264 e. The summed E-state index contributed by atoms with van der Waals surface area (Å²) in [6, 6.07) is 20.8. The van der Waals surface area contributed by atoms with Crippen LogP contribution in [0, 0.1) is 6.92 Å². The lowest BCUT2D eigenvalue weighted by atomic mass is 10.1. The van der Waals surface area contributed by atoms with Crippen LogP contribution in [0.2, 0.25) is 0 Å². The first-order valence-electron chi connectivity index (χ1n) is 8.24. The molecule has 0 atom stereocenters. The van der Waals surface area contributed by atoms with E-state index in [1.165, 1.54) is 11.1 Å². The standard InChI is InChI=1S/C21H18N4/c1-16-4-8-19(9-5-16)21-15-25(24-23-21)14-17-6-10-18(11-7-17)20-3-2-12-22-13-20/h2-13,15H,14H2,1H3. The van der Waals surface area contributed by atoms with Gasteiger partial charge in [-0.15, -0.1) is 5.10 Å². The van der Waals surface area contributed by atoms with Crippen LogP contribution in [0.1, 0.15) is 11.1 Å². The van der Waals surface area contributed by atoms with Crippen molar-refractivity contribution in [2.24, 2.45) is 0 Å². The van der Waals surface area contributed by atoms with Crippen LogP contribution in [0.3, 0.4) is 0 Å². The van der Waals surface area contributed by atoms with Gasteiger partial charge < -0.3 is 0 Å². The molecule has 4 aromatic rings. The smallest absolute Gasteiger partial charge is 0.113 e. The van der Waals surface area contributed by atoms with E-state index in [1.54, 1.807) is 6.20 Å². The molecule has 0 saturated carbocycles. The van der Waals surface area contributed by atoms with Gasteiger partial charge in [-0.25, -0.2) is 4.68 Å². The van der Waals surface area contributed by atoms with E-state index in [9.17, 15) is 0 Å². The quantitative estimate of drug-likeness (QED) is 0.559. The van der Waals surface area contributed by atoms with Gasteiger partial charge in [-0.1, -0.05) is 65.4 Å². The second-order valence-corrected chi connectivity index (χ2v) is 6.11. The molecule has 0 aliphatic carbocycles. The minimum absolute atomic E-state index is 0.701. The second-order valence-electron chi connectivity index (χ2n) is 6.11. The number of nitrogens with zero attached hydrogens (tertiary/aromatic N) is 4. The zero-order chi connectivity index (χ0) is 17.1. The van der Waals surface area contributed by atoms with Gasteiger partial charge in [0.25, 0.3) is 0 Å². The van der Waals surface area contributed by atoms with E-state index in [4.69, 9.17) is 0 Å². The summed E-state index contributed by atoms with van der Waals surface area (Å²) in [6.07, 6.45) is 5.65. The minimum Gasteiger partial charge on any atom is -0.264 e. The van der Waals surface area contributed by atoms with Gasteiger partial charge >= 0.3 is 0 Å². The fraction of sp³-hybridized carbons (Fsp3) is 0.0952. The zero-order valence-electron chi connectivity index (χ0n) is 14.0. The third-order valence-electron chi connectivity index (χ3n) is 4.18. The maximum Gasteiger partial charge on any atom is 0.113 e. The van der Waals surface area contributed by atoms with E-state index < -0.39 is 0 Å². The van der Waals surface area contributed by atoms with E-state index in [0.29, 0.717) is 6.54 Å². The first-order valence-corrected chi connectivity index (χ1v) is 8.24. The molecule has 0 amide bonds. The van der Waals surface area contributed by atoms with Crippen LogP contribution in [0.25, 0.3) is 22.4 Å². The predicted octanol–water partition coefficient (Wildman–Crippen LogP) is 4.36. The molecule has 2 aromatic heterocycles. The Kier molecular flexibility index (Phi) is 4.09. The highest BCUT2D eigenvalue weighted by molar-refractivity contribution is 5.62. The first-order chi connectivity index (χ1) is 12.3. The van der Waals surface area contributed by atoms with Crippen LogP contribution < -0.4 is 0 Å². The van der Waals surface area contributed by atoms with E-state index in [-0.39, 0.29) is 0 Å². The fourth-order valence-corrected chi connectivity index (χ4v) is 2.76. The van der Waals surface area contributed by atoms with Gasteiger partial charge in [-0.2, -0.15) is 0 Å². The van der Waals surface area contributed by atoms with Crippen LogP contribution >= 0.6 is 0 Å². The van der Waals surface area contributed by atoms with Gasteiger partial charge in [0.05, 0.1) is 12.7 Å². The van der Waals surface area contributed by atoms with Crippen LogP contribution in [-0.4, -0.2) is 20.0 Å². The molecule has 0 bridgehead atoms. The highest BCUT2D eigenvalue weighted by Crippen LogP contribution is 2.20. The molecule has 25 heavy (non-hydrogen) atoms. The van der Waals surface area contributed by atoms with Gasteiger partial charge in [0.15, 0.2) is 0 Å². The van der Waals surface area contributed by atoms with Crippen LogP contribution in [-0.2, 0) is 6.54 Å². The van der Waals surface area contributed by atoms with Gasteiger partial charge in [0.2, 0.25) is 0 Å². The van der Waals surface area contributed by atoms with Crippen molar-refractivity contribution in [3.63, 3.8) is 0 Å². The van der Waals surface area contributed by atoms with Gasteiger partial charge in [-0.05, 0) is 29.7 Å². The lowest BCUT2D eigenvalue weighted by Gasteiger charge is -2.04. The van der Waals surface area contributed by atoms with Crippen LogP contribution in [0.4, 0.5) is 0 Å². The average molecular weight is 326 g/mol. The van der Waals surface area contributed by atoms with Crippen molar-refractivity contribution >= 4 is 0 Å². The Morgan fingerprint density at radius 3 is 2.32 bits per heavy atom. The molecule has 0 aliphatic rings. The molecule has 0 fully saturated rings. The Labute approximate surface area is 146 Å². The summed E-state index contributed by atoms with van der Waals surface area (Å²) in [5.74, 6) is 0. The number of aryl methyl sites for hydroxylation is 1. The Bertz CT molecular complexity index is 955. The van der Waals surface area contributed by atoms with Crippen LogP contribution in [0.5, 0.6) is 0 Å². The summed E-state index contributed by atoms with van der Waals surface area (Å²) in [5, 5.41) is 8.53. The Hall–Kier alpha value is -3.27. The molecule has 0 radical (unpaired) electrons. The summed E-state index contributed by atoms with van der Waals surface area (Å²) in [6.45, 7) is 2.78. The Morgan fingerprint density at radius 2 is 1.60 bits per heavy atom. The molecular weight excluding hydrogens is 308 g/mol. The van der Waals surface area contributed by atoms with Crippen molar-refractivity contribution in [2.45, 2.75) is 13.5 Å². The lowest BCUT2D eigenvalue weighted by molar-refractivity contribution is 0.650. The SMILES string of the molecule is Cc1ccc(-c2cn(Cc3ccc(-c4cccnc4)cc3)nn2)cc1. The molecule has 2 heterocycles. The normalized spacial score (nSPS) is 10.8. The second kappa shape index (κ2) is 6.69. The molecular formula is C21H18N4. The van der Waals surface area contributed by atoms with E-state index in [0.717, 1.165) is 22.4 Å². The van der Waals surface area contributed by atoms with Crippen molar-refractivity contribution in [1.29, 1.82) is 0 Å². The fourth-order valence-electron chi connectivity index (χ4n) is 2.76. The molecule has 122 valence electrons. The highest BCUT2D eigenvalue weighted by atomic mass is 15.4. The average Bonchev–Trinajstić information content (AvgIpc) is 3.12. The molecule has 4 rings (SSSR count). The van der Waals surface area contributed by atoms with Gasteiger partial charge in [0, 0.05) is 18.0 Å². The molecule has 0 aliphatic heterocycles. The van der Waals surface area contributed by atoms with Gasteiger partial charge in [0.1, 0.15) is 5.69 Å². The molecule has 0 unspecified atom stereocenters. The van der Waals surface area contributed by atoms with Crippen molar-refractivity contribution < 1.29 is 0 Å². The molecule has 2 aromatic carbocycles. The third kappa shape index (κ3) is 3.48. The molecule has 4 nitrogen and oxygen atoms in total. The summed E-state index contributed by atoms with van der Waals surface area (Å²) >= 11 is 0. The monoisotopic (exact) mass is 326 g/mol. The number of aromatic nitrogens is 4. The zero-order valence-corrected chi connectivity index (χ0v) is 14.0. The van der Waals surface area contributed by atoms with Crippen LogP contribution in [0.15, 0.2) is 79.3 Å². The van der Waals surface area contributed by atoms with Crippen molar-refractivity contribution in [3.8, 4) is 22.4 Å². The first kappa shape index (κ1) is 15.3. The molecule has 0 N–H and O–H groups in total. The van der Waals surface area contributed by atoms with Gasteiger partial charge in [-0.3, -0.25) is 4.98 Å². The Morgan fingerprint density at radius 1 is 0.840 bits per heavy atom. The Balaban J connectivity index is 1.50. The molecule has 0 spiro atoms. The molecule has 4 heteroatoms. The van der Waals surface area contributed by atoms with E-state index in [1.807, 2.05) is 23.1 Å². The lowest BCUT2D eigenvalue weighted by Crippen LogP contribution is -2.00. The molecule has 0 saturated heterocycles. The number of hydrogen-bond donors (Lipinski definition) is 0. The summed E-state index contributed by atoms with van der Waals surface area (Å²) in [7, 11) is 0. The topological polar surface area (TPSA) is 43.6 Å². The van der Waals surface area contributed by atoms with Crippen molar-refractivity contribution in [1.82, 2.24) is 20.0 Å². The highest BCUT2D eigenvalue weighted by Gasteiger charge is 2.05. The third-order valence-corrected chi connectivity index (χ3v) is 4.18. The number of benzene rings is 2. The summed E-state index contributed by atoms with van der Waals surface area (Å²) in [5.41, 5.74) is 6.70. The van der Waals surface area contributed by atoms with E-state index in [2.05, 4.69) is 76.8 Å². The summed E-state index contributed by atoms with van der Waals surface area (Å²) in [4.78, 5) is 4.17.